The van der Waals surface area contributed by atoms with E-state index in [9.17, 15) is 4.79 Å². The highest BCUT2D eigenvalue weighted by atomic mass is 16.5. The van der Waals surface area contributed by atoms with Crippen LogP contribution in [0.15, 0.2) is 0 Å². The van der Waals surface area contributed by atoms with Gasteiger partial charge in [0.15, 0.2) is 0 Å². The molecule has 1 amide bonds. The number of nitrogens with one attached hydrogen (secondary N) is 1. The van der Waals surface area contributed by atoms with E-state index in [0.717, 1.165) is 6.42 Å². The molecule has 0 spiro atoms. The van der Waals surface area contributed by atoms with Gasteiger partial charge in [-0.3, -0.25) is 4.79 Å². The van der Waals surface area contributed by atoms with Crippen LogP contribution in [0.1, 0.15) is 27.2 Å². The molecule has 4 nitrogen and oxygen atoms in total. The Hall–Kier alpha value is -0.610. The van der Waals surface area contributed by atoms with Gasteiger partial charge in [0.05, 0.1) is 0 Å². The number of methoxy groups -OCH3 is 1. The lowest BCUT2D eigenvalue weighted by molar-refractivity contribution is -0.130. The van der Waals surface area contributed by atoms with Crippen molar-refractivity contribution in [3.63, 3.8) is 0 Å². The second-order valence-corrected chi connectivity index (χ2v) is 4.87. The van der Waals surface area contributed by atoms with Crippen molar-refractivity contribution in [1.29, 1.82) is 0 Å². The van der Waals surface area contributed by atoms with Gasteiger partial charge in [0.25, 0.3) is 0 Å². The van der Waals surface area contributed by atoms with Gasteiger partial charge in [-0.1, -0.05) is 13.8 Å². The Labute approximate surface area is 99.3 Å². The molecule has 0 saturated carbocycles. The maximum Gasteiger partial charge on any atom is 0.248 e. The summed E-state index contributed by atoms with van der Waals surface area (Å²) in [6.07, 6.45) is 0.705. The zero-order valence-electron chi connectivity index (χ0n) is 11.4. The molecule has 0 aromatic heterocycles. The van der Waals surface area contributed by atoms with E-state index in [1.807, 2.05) is 14.1 Å². The van der Waals surface area contributed by atoms with Gasteiger partial charge < -0.3 is 15.0 Å². The number of carbonyl (C=O) groups excluding carboxylic acids is 1. The fourth-order valence-corrected chi connectivity index (χ4v) is 1.49. The van der Waals surface area contributed by atoms with E-state index >= 15 is 0 Å². The quantitative estimate of drug-likeness (QED) is 0.712. The molecule has 0 bridgehead atoms. The molecule has 1 N–H and O–H groups in total. The molecule has 0 aromatic rings. The van der Waals surface area contributed by atoms with Gasteiger partial charge in [-0.15, -0.1) is 0 Å². The number of rotatable bonds is 7. The average molecular weight is 230 g/mol. The van der Waals surface area contributed by atoms with Gasteiger partial charge >= 0.3 is 0 Å². The normalized spacial score (nSPS) is 15.2. The lowest BCUT2D eigenvalue weighted by atomic mass is 10.0. The lowest BCUT2D eigenvalue weighted by Crippen LogP contribution is -2.44. The van der Waals surface area contributed by atoms with Crippen molar-refractivity contribution >= 4 is 5.91 Å². The van der Waals surface area contributed by atoms with Crippen LogP contribution < -0.4 is 5.32 Å². The molecule has 0 fully saturated rings. The van der Waals surface area contributed by atoms with Crippen molar-refractivity contribution in [2.45, 2.75) is 39.3 Å². The molecule has 0 aliphatic carbocycles. The van der Waals surface area contributed by atoms with Crippen molar-refractivity contribution in [1.82, 2.24) is 10.2 Å². The Morgan fingerprint density at radius 2 is 1.88 bits per heavy atom. The molecule has 0 aromatic carbocycles. The van der Waals surface area contributed by atoms with Crippen LogP contribution in [0.25, 0.3) is 0 Å². The van der Waals surface area contributed by atoms with Crippen molar-refractivity contribution in [3.8, 4) is 0 Å². The number of likely N-dealkylation sites (N-methyl/N-ethyl adjacent to an activating group) is 1. The molecule has 16 heavy (non-hydrogen) atoms. The van der Waals surface area contributed by atoms with Crippen LogP contribution in [-0.4, -0.2) is 50.7 Å². The van der Waals surface area contributed by atoms with E-state index in [1.54, 1.807) is 14.0 Å². The first-order valence-electron chi connectivity index (χ1n) is 5.85. The van der Waals surface area contributed by atoms with E-state index < -0.39 is 0 Å². The third-order valence-electron chi connectivity index (χ3n) is 2.71. The SMILES string of the molecule is COC(C)C(=O)NCC(CC(C)C)N(C)C. The van der Waals surface area contributed by atoms with Crippen molar-refractivity contribution in [2.24, 2.45) is 5.92 Å². The minimum absolute atomic E-state index is 0.0434. The molecule has 4 heteroatoms. The third-order valence-corrected chi connectivity index (χ3v) is 2.71. The summed E-state index contributed by atoms with van der Waals surface area (Å²) < 4.78 is 4.96. The van der Waals surface area contributed by atoms with E-state index in [4.69, 9.17) is 4.74 Å². The summed E-state index contributed by atoms with van der Waals surface area (Å²) >= 11 is 0. The first kappa shape index (κ1) is 15.4. The van der Waals surface area contributed by atoms with Crippen LogP contribution in [0.4, 0.5) is 0 Å². The van der Waals surface area contributed by atoms with Crippen molar-refractivity contribution in [3.05, 3.63) is 0 Å². The minimum Gasteiger partial charge on any atom is -0.372 e. The van der Waals surface area contributed by atoms with E-state index in [0.29, 0.717) is 18.5 Å². The van der Waals surface area contributed by atoms with Crippen molar-refractivity contribution in [2.75, 3.05) is 27.7 Å². The van der Waals surface area contributed by atoms with Crippen LogP contribution >= 0.6 is 0 Å². The van der Waals surface area contributed by atoms with E-state index in [1.165, 1.54) is 0 Å². The van der Waals surface area contributed by atoms with E-state index in [-0.39, 0.29) is 12.0 Å². The Kier molecular flexibility index (Phi) is 7.34. The molecule has 0 aliphatic rings. The van der Waals surface area contributed by atoms with Gasteiger partial charge in [-0.25, -0.2) is 0 Å². The number of carbonyl (C=O) groups is 1. The monoisotopic (exact) mass is 230 g/mol. The smallest absolute Gasteiger partial charge is 0.248 e. The highest BCUT2D eigenvalue weighted by molar-refractivity contribution is 5.80. The topological polar surface area (TPSA) is 41.6 Å². The molecule has 0 radical (unpaired) electrons. The standard InChI is InChI=1S/C12H26N2O2/c1-9(2)7-11(14(4)5)8-13-12(15)10(3)16-6/h9-11H,7-8H2,1-6H3,(H,13,15). The second-order valence-electron chi connectivity index (χ2n) is 4.87. The first-order chi connectivity index (χ1) is 7.38. The van der Waals surface area contributed by atoms with Crippen molar-refractivity contribution < 1.29 is 9.53 Å². The molecule has 2 unspecified atom stereocenters. The van der Waals surface area contributed by atoms with E-state index in [2.05, 4.69) is 24.1 Å². The Morgan fingerprint density at radius 1 is 1.31 bits per heavy atom. The van der Waals surface area contributed by atoms with Crippen LogP contribution in [0.5, 0.6) is 0 Å². The largest absolute Gasteiger partial charge is 0.372 e. The molecule has 0 rings (SSSR count). The maximum absolute atomic E-state index is 11.5. The predicted octanol–water partition coefficient (Wildman–Crippen LogP) is 1.11. The number of nitrogens with zero attached hydrogens (tertiary/aromatic N) is 1. The van der Waals surface area contributed by atoms with Crippen LogP contribution in [-0.2, 0) is 9.53 Å². The number of hydrogen-bond donors (Lipinski definition) is 1. The molecule has 2 atom stereocenters. The number of amides is 1. The summed E-state index contributed by atoms with van der Waals surface area (Å²) in [5.41, 5.74) is 0. The molecule has 96 valence electrons. The summed E-state index contributed by atoms with van der Waals surface area (Å²) in [7, 11) is 5.62. The van der Waals surface area contributed by atoms with Crippen LogP contribution in [0.3, 0.4) is 0 Å². The summed E-state index contributed by atoms with van der Waals surface area (Å²) in [4.78, 5) is 13.7. The predicted molar refractivity (Wildman–Crippen MR) is 66.4 cm³/mol. The Bertz CT molecular complexity index is 205. The molecular weight excluding hydrogens is 204 g/mol. The maximum atomic E-state index is 11.5. The fraction of sp³-hybridized carbons (Fsp3) is 0.917. The van der Waals surface area contributed by atoms with Gasteiger partial charge in [0, 0.05) is 19.7 Å². The first-order valence-corrected chi connectivity index (χ1v) is 5.85. The van der Waals surface area contributed by atoms with Crippen LogP contribution in [0.2, 0.25) is 0 Å². The van der Waals surface area contributed by atoms with Gasteiger partial charge in [0.2, 0.25) is 5.91 Å². The highest BCUT2D eigenvalue weighted by Gasteiger charge is 2.16. The summed E-state index contributed by atoms with van der Waals surface area (Å²) in [5, 5.41) is 2.91. The third kappa shape index (κ3) is 6.08. The molecule has 0 aliphatic heterocycles. The lowest BCUT2D eigenvalue weighted by Gasteiger charge is -2.26. The molecule has 0 saturated heterocycles. The van der Waals surface area contributed by atoms with Gasteiger partial charge in [-0.05, 0) is 33.4 Å². The van der Waals surface area contributed by atoms with Crippen LogP contribution in [0, 0.1) is 5.92 Å². The number of hydrogen-bond acceptors (Lipinski definition) is 3. The van der Waals surface area contributed by atoms with Gasteiger partial charge in [-0.2, -0.15) is 0 Å². The zero-order valence-corrected chi connectivity index (χ0v) is 11.4. The second kappa shape index (κ2) is 7.63. The molecular formula is C12H26N2O2. The Morgan fingerprint density at radius 3 is 2.25 bits per heavy atom. The summed E-state index contributed by atoms with van der Waals surface area (Å²) in [6, 6.07) is 0.382. The Balaban J connectivity index is 4.06. The average Bonchev–Trinajstić information content (AvgIpc) is 2.21. The summed E-state index contributed by atoms with van der Waals surface area (Å²) in [6.45, 7) is 6.81. The molecule has 0 heterocycles. The minimum atomic E-state index is -0.373. The van der Waals surface area contributed by atoms with Gasteiger partial charge in [0.1, 0.15) is 6.10 Å². The summed E-state index contributed by atoms with van der Waals surface area (Å²) in [5.74, 6) is 0.585. The highest BCUT2D eigenvalue weighted by Crippen LogP contribution is 2.08. The fourth-order valence-electron chi connectivity index (χ4n) is 1.49. The zero-order chi connectivity index (χ0) is 12.7. The number of ether oxygens (including phenoxy) is 1.